The minimum atomic E-state index is -4.17. The summed E-state index contributed by atoms with van der Waals surface area (Å²) in [6, 6.07) is 17.1. The Morgan fingerprint density at radius 1 is 1.00 bits per heavy atom. The Bertz CT molecular complexity index is 1400. The first kappa shape index (κ1) is 30.1. The van der Waals surface area contributed by atoms with Crippen molar-refractivity contribution in [1.82, 2.24) is 10.2 Å². The van der Waals surface area contributed by atoms with Crippen LogP contribution in [-0.4, -0.2) is 43.8 Å². The van der Waals surface area contributed by atoms with E-state index in [1.54, 1.807) is 50.2 Å². The van der Waals surface area contributed by atoms with Crippen molar-refractivity contribution in [3.05, 3.63) is 94.8 Å². The van der Waals surface area contributed by atoms with Crippen LogP contribution in [0.15, 0.2) is 77.7 Å². The van der Waals surface area contributed by atoms with Gasteiger partial charge in [-0.05, 0) is 80.8 Å². The van der Waals surface area contributed by atoms with Gasteiger partial charge in [-0.1, -0.05) is 48.9 Å². The van der Waals surface area contributed by atoms with E-state index in [9.17, 15) is 22.4 Å². The molecule has 2 amide bonds. The number of carbonyl (C=O) groups is 2. The molecule has 0 bridgehead atoms. The van der Waals surface area contributed by atoms with Crippen molar-refractivity contribution in [2.24, 2.45) is 0 Å². The fourth-order valence-corrected chi connectivity index (χ4v) is 5.69. The van der Waals surface area contributed by atoms with E-state index in [0.29, 0.717) is 22.6 Å². The van der Waals surface area contributed by atoms with Crippen LogP contribution in [0.25, 0.3) is 0 Å². The molecule has 7 nitrogen and oxygen atoms in total. The van der Waals surface area contributed by atoms with Gasteiger partial charge >= 0.3 is 0 Å². The Balaban J connectivity index is 2.04. The Morgan fingerprint density at radius 2 is 1.64 bits per heavy atom. The molecular weight excluding hydrogens is 541 g/mol. The normalized spacial score (nSPS) is 12.9. The highest BCUT2D eigenvalue weighted by Gasteiger charge is 2.33. The number of hydrogen-bond donors (Lipinski definition) is 1. The van der Waals surface area contributed by atoms with Crippen LogP contribution in [0.3, 0.4) is 0 Å². The van der Waals surface area contributed by atoms with Crippen molar-refractivity contribution in [1.29, 1.82) is 0 Å². The Morgan fingerprint density at radius 3 is 2.23 bits per heavy atom. The molecule has 0 heterocycles. The summed E-state index contributed by atoms with van der Waals surface area (Å²) in [7, 11) is -4.17. The lowest BCUT2D eigenvalue weighted by Crippen LogP contribution is -2.52. The molecule has 2 atom stereocenters. The number of amides is 2. The van der Waals surface area contributed by atoms with Crippen LogP contribution in [0.4, 0.5) is 10.1 Å². The van der Waals surface area contributed by atoms with Crippen molar-refractivity contribution < 1.29 is 22.4 Å². The van der Waals surface area contributed by atoms with Gasteiger partial charge in [0.2, 0.25) is 11.8 Å². The molecule has 0 saturated heterocycles. The van der Waals surface area contributed by atoms with Gasteiger partial charge in [0.25, 0.3) is 10.0 Å². The predicted molar refractivity (Wildman–Crippen MR) is 151 cm³/mol. The molecule has 0 spiro atoms. The van der Waals surface area contributed by atoms with E-state index >= 15 is 0 Å². The second-order valence-corrected chi connectivity index (χ2v) is 11.7. The molecule has 0 aromatic heterocycles. The zero-order chi connectivity index (χ0) is 28.7. The van der Waals surface area contributed by atoms with Gasteiger partial charge in [0.15, 0.2) is 0 Å². The second kappa shape index (κ2) is 13.1. The lowest BCUT2D eigenvalue weighted by atomic mass is 10.1. The molecule has 208 valence electrons. The first-order valence-corrected chi connectivity index (χ1v) is 14.4. The van der Waals surface area contributed by atoms with Gasteiger partial charge in [0.05, 0.1) is 10.6 Å². The molecular formula is C29H33ClFN3O4S. The summed E-state index contributed by atoms with van der Waals surface area (Å²) in [5.41, 5.74) is 1.44. The maximum Gasteiger partial charge on any atom is 0.264 e. The van der Waals surface area contributed by atoms with Crippen LogP contribution < -0.4 is 9.62 Å². The van der Waals surface area contributed by atoms with Gasteiger partial charge in [0.1, 0.15) is 18.4 Å². The summed E-state index contributed by atoms with van der Waals surface area (Å²) < 4.78 is 42.2. The maximum atomic E-state index is 13.9. The first-order chi connectivity index (χ1) is 18.4. The molecule has 0 aliphatic rings. The lowest BCUT2D eigenvalue weighted by molar-refractivity contribution is -0.139. The third-order valence-electron chi connectivity index (χ3n) is 6.47. The highest BCUT2D eigenvalue weighted by atomic mass is 35.5. The summed E-state index contributed by atoms with van der Waals surface area (Å²) in [4.78, 5) is 28.3. The maximum absolute atomic E-state index is 13.9. The third kappa shape index (κ3) is 7.58. The largest absolute Gasteiger partial charge is 0.352 e. The number of carbonyl (C=O) groups excluding carboxylic acids is 2. The zero-order valence-electron chi connectivity index (χ0n) is 22.4. The van der Waals surface area contributed by atoms with E-state index in [0.717, 1.165) is 4.31 Å². The molecule has 0 saturated carbocycles. The number of sulfonamides is 1. The van der Waals surface area contributed by atoms with Crippen LogP contribution in [0.5, 0.6) is 0 Å². The highest BCUT2D eigenvalue weighted by molar-refractivity contribution is 7.92. The monoisotopic (exact) mass is 573 g/mol. The van der Waals surface area contributed by atoms with Gasteiger partial charge in [-0.3, -0.25) is 13.9 Å². The van der Waals surface area contributed by atoms with Gasteiger partial charge in [-0.25, -0.2) is 12.8 Å². The van der Waals surface area contributed by atoms with Gasteiger partial charge < -0.3 is 10.2 Å². The second-order valence-electron chi connectivity index (χ2n) is 9.40. The molecule has 0 fully saturated rings. The van der Waals surface area contributed by atoms with E-state index in [1.807, 2.05) is 13.8 Å². The van der Waals surface area contributed by atoms with Gasteiger partial charge in [-0.2, -0.15) is 0 Å². The Kier molecular flexibility index (Phi) is 10.1. The van der Waals surface area contributed by atoms with Gasteiger partial charge in [-0.15, -0.1) is 0 Å². The van der Waals surface area contributed by atoms with Crippen molar-refractivity contribution in [3.8, 4) is 0 Å². The molecule has 0 unspecified atom stereocenters. The SMILES string of the molecule is CC[C@@H](C)NC(=O)[C@H](C)N(Cc1ccc(F)cc1)C(=O)CN(c1ccc(Cl)cc1C)S(=O)(=O)c1ccccc1. The van der Waals surface area contributed by atoms with Crippen LogP contribution in [-0.2, 0) is 26.2 Å². The number of anilines is 1. The van der Waals surface area contributed by atoms with Crippen molar-refractivity contribution >= 4 is 39.1 Å². The fraction of sp³-hybridized carbons (Fsp3) is 0.310. The summed E-state index contributed by atoms with van der Waals surface area (Å²) in [5, 5.41) is 3.30. The van der Waals surface area contributed by atoms with E-state index in [4.69, 9.17) is 11.6 Å². The number of nitrogens with zero attached hydrogens (tertiary/aromatic N) is 2. The summed E-state index contributed by atoms with van der Waals surface area (Å²) in [6.07, 6.45) is 0.698. The summed E-state index contributed by atoms with van der Waals surface area (Å²) >= 11 is 6.13. The Labute approximate surface area is 234 Å². The van der Waals surface area contributed by atoms with Crippen LogP contribution in [0.2, 0.25) is 5.02 Å². The predicted octanol–water partition coefficient (Wildman–Crippen LogP) is 5.31. The smallest absolute Gasteiger partial charge is 0.264 e. The number of halogens is 2. The van der Waals surface area contributed by atoms with Crippen LogP contribution in [0.1, 0.15) is 38.3 Å². The third-order valence-corrected chi connectivity index (χ3v) is 8.48. The van der Waals surface area contributed by atoms with E-state index in [1.165, 1.54) is 41.3 Å². The lowest BCUT2D eigenvalue weighted by Gasteiger charge is -2.33. The molecule has 0 radical (unpaired) electrons. The quantitative estimate of drug-likeness (QED) is 0.337. The number of hydrogen-bond acceptors (Lipinski definition) is 4. The molecule has 10 heteroatoms. The average Bonchev–Trinajstić information content (AvgIpc) is 2.91. The Hall–Kier alpha value is -3.43. The highest BCUT2D eigenvalue weighted by Crippen LogP contribution is 2.29. The number of benzene rings is 3. The number of rotatable bonds is 11. The minimum Gasteiger partial charge on any atom is -0.352 e. The van der Waals surface area contributed by atoms with Gasteiger partial charge in [0, 0.05) is 17.6 Å². The fourth-order valence-electron chi connectivity index (χ4n) is 3.97. The average molecular weight is 574 g/mol. The molecule has 0 aliphatic heterocycles. The van der Waals surface area contributed by atoms with E-state index in [-0.39, 0.29) is 29.1 Å². The van der Waals surface area contributed by atoms with Crippen molar-refractivity contribution in [2.75, 3.05) is 10.8 Å². The van der Waals surface area contributed by atoms with Crippen LogP contribution in [0, 0.1) is 12.7 Å². The van der Waals surface area contributed by atoms with Crippen LogP contribution >= 0.6 is 11.6 Å². The number of nitrogens with one attached hydrogen (secondary N) is 1. The molecule has 0 aliphatic carbocycles. The molecule has 3 rings (SSSR count). The summed E-state index contributed by atoms with van der Waals surface area (Å²) in [6.45, 7) is 6.49. The first-order valence-electron chi connectivity index (χ1n) is 12.6. The number of aryl methyl sites for hydroxylation is 1. The summed E-state index contributed by atoms with van der Waals surface area (Å²) in [5.74, 6) is -1.41. The zero-order valence-corrected chi connectivity index (χ0v) is 24.0. The van der Waals surface area contributed by atoms with E-state index < -0.39 is 34.3 Å². The standard InChI is InChI=1S/C29H33ClFN3O4S/c1-5-21(3)32-29(36)22(4)33(18-23-11-14-25(31)15-12-23)28(35)19-34(27-16-13-24(30)17-20(27)2)39(37,38)26-9-7-6-8-10-26/h6-17,21-22H,5,18-19H2,1-4H3,(H,32,36)/t21-,22+/m1/s1. The van der Waals surface area contributed by atoms with Crippen molar-refractivity contribution in [3.63, 3.8) is 0 Å². The minimum absolute atomic E-state index is 0.0137. The van der Waals surface area contributed by atoms with E-state index in [2.05, 4.69) is 5.32 Å². The molecule has 3 aromatic rings. The topological polar surface area (TPSA) is 86.8 Å². The molecule has 3 aromatic carbocycles. The van der Waals surface area contributed by atoms with Crippen molar-refractivity contribution in [2.45, 2.75) is 57.6 Å². The molecule has 1 N–H and O–H groups in total. The molecule has 39 heavy (non-hydrogen) atoms.